The van der Waals surface area contributed by atoms with Gasteiger partial charge in [-0.2, -0.15) is 0 Å². The first-order valence-electron chi connectivity index (χ1n) is 7.56. The Morgan fingerprint density at radius 3 is 2.46 bits per heavy atom. The number of carbonyl (C=O) groups is 1. The monoisotopic (exact) mass is 332 g/mol. The molecule has 0 aliphatic carbocycles. The molecule has 1 heterocycles. The van der Waals surface area contributed by atoms with Gasteiger partial charge in [-0.1, -0.05) is 41.9 Å². The predicted octanol–water partition coefficient (Wildman–Crippen LogP) is 5.29. The number of amides is 1. The zero-order valence-electron chi connectivity index (χ0n) is 12.7. The van der Waals surface area contributed by atoms with E-state index >= 15 is 0 Å². The maximum Gasteiger partial charge on any atom is 0.255 e. The number of fused-ring (bicyclic) bond motifs is 2. The van der Waals surface area contributed by atoms with Gasteiger partial charge in [0.1, 0.15) is 0 Å². The molecule has 1 amide bonds. The van der Waals surface area contributed by atoms with Gasteiger partial charge in [0, 0.05) is 21.4 Å². The lowest BCUT2D eigenvalue weighted by Gasteiger charge is -2.09. The Morgan fingerprint density at radius 1 is 0.875 bits per heavy atom. The van der Waals surface area contributed by atoms with Crippen LogP contribution in [0.5, 0.6) is 0 Å². The molecular weight excluding hydrogens is 320 g/mol. The second-order valence-corrected chi connectivity index (χ2v) is 5.96. The molecule has 0 saturated heterocycles. The molecule has 0 fully saturated rings. The molecule has 0 aliphatic rings. The second-order valence-electron chi connectivity index (χ2n) is 5.52. The van der Waals surface area contributed by atoms with E-state index in [9.17, 15) is 4.79 Å². The maximum absolute atomic E-state index is 12.5. The lowest BCUT2D eigenvalue weighted by molar-refractivity contribution is 0.102. The van der Waals surface area contributed by atoms with Crippen LogP contribution in [0, 0.1) is 0 Å². The molecule has 0 unspecified atom stereocenters. The minimum Gasteiger partial charge on any atom is -0.320 e. The molecule has 4 rings (SSSR count). The number of carbonyl (C=O) groups excluding carboxylic acids is 1. The van der Waals surface area contributed by atoms with Crippen molar-refractivity contribution in [3.8, 4) is 0 Å². The van der Waals surface area contributed by atoms with Crippen molar-refractivity contribution in [1.29, 1.82) is 0 Å². The highest BCUT2D eigenvalue weighted by Gasteiger charge is 2.10. The fraction of sp³-hybridized carbons (Fsp3) is 0. The summed E-state index contributed by atoms with van der Waals surface area (Å²) in [5.41, 5.74) is 2.92. The normalized spacial score (nSPS) is 10.9. The van der Waals surface area contributed by atoms with Gasteiger partial charge in [0.05, 0.1) is 16.7 Å². The summed E-state index contributed by atoms with van der Waals surface area (Å²) < 4.78 is 0. The number of para-hydroxylation sites is 2. The Hall–Kier alpha value is -2.91. The van der Waals surface area contributed by atoms with E-state index in [1.165, 1.54) is 0 Å². The van der Waals surface area contributed by atoms with Gasteiger partial charge in [-0.25, -0.2) is 4.98 Å². The van der Waals surface area contributed by atoms with Crippen molar-refractivity contribution in [2.24, 2.45) is 0 Å². The molecule has 4 heteroatoms. The SMILES string of the molecule is O=C(Nc1cccc2cc3ccccc3nc12)c1ccc(Cl)cc1. The first-order valence-corrected chi connectivity index (χ1v) is 7.94. The first-order chi connectivity index (χ1) is 11.7. The molecule has 0 saturated carbocycles. The van der Waals surface area contributed by atoms with Gasteiger partial charge >= 0.3 is 0 Å². The number of halogens is 1. The summed E-state index contributed by atoms with van der Waals surface area (Å²) in [4.78, 5) is 17.2. The van der Waals surface area contributed by atoms with Crippen LogP contribution < -0.4 is 5.32 Å². The Kier molecular flexibility index (Phi) is 3.63. The standard InChI is InChI=1S/C20H13ClN2O/c21-16-10-8-13(9-11-16)20(24)23-18-7-3-5-15-12-14-4-1-2-6-17(14)22-19(15)18/h1-12H,(H,23,24). The zero-order valence-corrected chi connectivity index (χ0v) is 13.4. The van der Waals surface area contributed by atoms with Crippen LogP contribution in [0.1, 0.15) is 10.4 Å². The highest BCUT2D eigenvalue weighted by atomic mass is 35.5. The molecule has 0 atom stereocenters. The summed E-state index contributed by atoms with van der Waals surface area (Å²) in [6.07, 6.45) is 0. The van der Waals surface area contributed by atoms with E-state index in [2.05, 4.69) is 11.4 Å². The number of hydrogen-bond acceptors (Lipinski definition) is 2. The minimum atomic E-state index is -0.186. The molecule has 3 nitrogen and oxygen atoms in total. The molecule has 116 valence electrons. The molecule has 1 N–H and O–H groups in total. The summed E-state index contributed by atoms with van der Waals surface area (Å²) in [6.45, 7) is 0. The average Bonchev–Trinajstić information content (AvgIpc) is 2.61. The highest BCUT2D eigenvalue weighted by Crippen LogP contribution is 2.26. The Labute approximate surface area is 143 Å². The Bertz CT molecular complexity index is 1060. The lowest BCUT2D eigenvalue weighted by Crippen LogP contribution is -2.12. The number of rotatable bonds is 2. The molecule has 1 aromatic heterocycles. The van der Waals surface area contributed by atoms with Crippen molar-refractivity contribution in [2.75, 3.05) is 5.32 Å². The van der Waals surface area contributed by atoms with Crippen LogP contribution in [-0.4, -0.2) is 10.9 Å². The summed E-state index contributed by atoms with van der Waals surface area (Å²) in [7, 11) is 0. The van der Waals surface area contributed by atoms with Crippen molar-refractivity contribution in [1.82, 2.24) is 4.98 Å². The van der Waals surface area contributed by atoms with Crippen molar-refractivity contribution in [3.63, 3.8) is 0 Å². The van der Waals surface area contributed by atoms with Crippen LogP contribution in [0.25, 0.3) is 21.8 Å². The summed E-state index contributed by atoms with van der Waals surface area (Å²) >= 11 is 5.87. The quantitative estimate of drug-likeness (QED) is 0.506. The number of nitrogens with zero attached hydrogens (tertiary/aromatic N) is 1. The Balaban J connectivity index is 1.77. The molecule has 0 radical (unpaired) electrons. The number of pyridine rings is 1. The van der Waals surface area contributed by atoms with Crippen molar-refractivity contribution >= 4 is 45.0 Å². The van der Waals surface area contributed by atoms with Gasteiger partial charge < -0.3 is 5.32 Å². The van der Waals surface area contributed by atoms with Crippen molar-refractivity contribution in [3.05, 3.63) is 83.4 Å². The van der Waals surface area contributed by atoms with Crippen LogP contribution in [-0.2, 0) is 0 Å². The van der Waals surface area contributed by atoms with Crippen LogP contribution in [0.4, 0.5) is 5.69 Å². The van der Waals surface area contributed by atoms with E-state index in [1.54, 1.807) is 24.3 Å². The first kappa shape index (κ1) is 14.7. The van der Waals surface area contributed by atoms with Crippen LogP contribution in [0.2, 0.25) is 5.02 Å². The fourth-order valence-corrected chi connectivity index (χ4v) is 2.82. The number of nitrogens with one attached hydrogen (secondary N) is 1. The van der Waals surface area contributed by atoms with Crippen LogP contribution >= 0.6 is 11.6 Å². The summed E-state index contributed by atoms with van der Waals surface area (Å²) in [5, 5.41) is 5.61. The predicted molar refractivity (Wildman–Crippen MR) is 98.7 cm³/mol. The Morgan fingerprint density at radius 2 is 1.62 bits per heavy atom. The third-order valence-corrected chi connectivity index (χ3v) is 4.15. The van der Waals surface area contributed by atoms with Gasteiger partial charge in [-0.15, -0.1) is 0 Å². The van der Waals surface area contributed by atoms with Crippen molar-refractivity contribution < 1.29 is 4.79 Å². The summed E-state index contributed by atoms with van der Waals surface area (Å²) in [6, 6.07) is 22.6. The second kappa shape index (κ2) is 5.95. The summed E-state index contributed by atoms with van der Waals surface area (Å²) in [5.74, 6) is -0.186. The maximum atomic E-state index is 12.5. The van der Waals surface area contributed by atoms with E-state index in [0.717, 1.165) is 21.8 Å². The molecule has 24 heavy (non-hydrogen) atoms. The number of aromatic nitrogens is 1. The van der Waals surface area contributed by atoms with E-state index in [-0.39, 0.29) is 5.91 Å². The van der Waals surface area contributed by atoms with Crippen LogP contribution in [0.3, 0.4) is 0 Å². The fourth-order valence-electron chi connectivity index (χ4n) is 2.70. The third-order valence-electron chi connectivity index (χ3n) is 3.90. The van der Waals surface area contributed by atoms with E-state index < -0.39 is 0 Å². The largest absolute Gasteiger partial charge is 0.320 e. The number of anilines is 1. The van der Waals surface area contributed by atoms with E-state index in [1.807, 2.05) is 42.5 Å². The molecule has 0 aliphatic heterocycles. The average molecular weight is 333 g/mol. The minimum absolute atomic E-state index is 0.186. The topological polar surface area (TPSA) is 42.0 Å². The van der Waals surface area contributed by atoms with Gasteiger partial charge in [0.25, 0.3) is 5.91 Å². The molecule has 0 spiro atoms. The third kappa shape index (κ3) is 2.70. The van der Waals surface area contributed by atoms with E-state index in [0.29, 0.717) is 16.3 Å². The smallest absolute Gasteiger partial charge is 0.255 e. The van der Waals surface area contributed by atoms with Gasteiger partial charge in [0.15, 0.2) is 0 Å². The number of benzene rings is 3. The van der Waals surface area contributed by atoms with Gasteiger partial charge in [0.2, 0.25) is 0 Å². The number of hydrogen-bond donors (Lipinski definition) is 1. The highest BCUT2D eigenvalue weighted by molar-refractivity contribution is 6.30. The molecule has 3 aromatic carbocycles. The van der Waals surface area contributed by atoms with Gasteiger partial charge in [-0.3, -0.25) is 4.79 Å². The van der Waals surface area contributed by atoms with Gasteiger partial charge in [-0.05, 0) is 42.5 Å². The zero-order chi connectivity index (χ0) is 16.5. The van der Waals surface area contributed by atoms with Crippen LogP contribution in [0.15, 0.2) is 72.8 Å². The van der Waals surface area contributed by atoms with E-state index in [4.69, 9.17) is 16.6 Å². The molecular formula is C20H13ClN2O. The molecule has 4 aromatic rings. The molecule has 0 bridgehead atoms. The lowest BCUT2D eigenvalue weighted by atomic mass is 10.1. The van der Waals surface area contributed by atoms with Crippen molar-refractivity contribution in [2.45, 2.75) is 0 Å².